The number of nitrogens with zero attached hydrogens (tertiary/aromatic N) is 3. The minimum Gasteiger partial charge on any atom is -0.493 e. The lowest BCUT2D eigenvalue weighted by Gasteiger charge is -2.23. The molecule has 29 heavy (non-hydrogen) atoms. The number of carbonyl (C=O) groups is 1. The molecule has 2 aromatic carbocycles. The number of hydrogen-bond acceptors (Lipinski definition) is 5. The maximum absolute atomic E-state index is 12.8. The van der Waals surface area contributed by atoms with E-state index in [9.17, 15) is 4.79 Å². The highest BCUT2D eigenvalue weighted by atomic mass is 16.5. The Bertz CT molecular complexity index is 1190. The van der Waals surface area contributed by atoms with Crippen molar-refractivity contribution in [1.82, 2.24) is 19.7 Å². The molecule has 4 aromatic rings. The fraction of sp³-hybridized carbons (Fsp3) is 0.227. The second-order valence-electron chi connectivity index (χ2n) is 7.14. The second-order valence-corrected chi connectivity index (χ2v) is 7.14. The van der Waals surface area contributed by atoms with Crippen LogP contribution in [0.5, 0.6) is 11.5 Å². The highest BCUT2D eigenvalue weighted by Gasteiger charge is 2.31. The quantitative estimate of drug-likeness (QED) is 0.577. The molecule has 7 heteroatoms. The monoisotopic (exact) mass is 388 g/mol. The predicted octanol–water partition coefficient (Wildman–Crippen LogP) is 3.68. The van der Waals surface area contributed by atoms with E-state index < -0.39 is 0 Å². The molecule has 0 spiro atoms. The predicted molar refractivity (Wildman–Crippen MR) is 108 cm³/mol. The molecule has 0 radical (unpaired) electrons. The van der Waals surface area contributed by atoms with Crippen molar-refractivity contribution < 1.29 is 14.3 Å². The summed E-state index contributed by atoms with van der Waals surface area (Å²) in [6.45, 7) is 0. The van der Waals surface area contributed by atoms with Gasteiger partial charge in [-0.05, 0) is 42.2 Å². The molecular formula is C22H20N4O3. The normalized spacial score (nSPS) is 16.1. The first-order valence-corrected chi connectivity index (χ1v) is 9.45. The number of rotatable bonds is 4. The first kappa shape index (κ1) is 17.5. The molecule has 5 rings (SSSR count). The van der Waals surface area contributed by atoms with Gasteiger partial charge in [-0.2, -0.15) is 5.10 Å². The van der Waals surface area contributed by atoms with Gasteiger partial charge in [0, 0.05) is 6.42 Å². The molecule has 1 aliphatic rings. The van der Waals surface area contributed by atoms with Crippen LogP contribution in [0.3, 0.4) is 0 Å². The van der Waals surface area contributed by atoms with Gasteiger partial charge in [0.2, 0.25) is 5.95 Å². The highest BCUT2D eigenvalue weighted by molar-refractivity contribution is 5.98. The van der Waals surface area contributed by atoms with Gasteiger partial charge in [-0.3, -0.25) is 4.79 Å². The van der Waals surface area contributed by atoms with E-state index in [2.05, 4.69) is 15.1 Å². The minimum atomic E-state index is 0.0367. The summed E-state index contributed by atoms with van der Waals surface area (Å²) in [5.74, 6) is 2.08. The molecule has 1 aliphatic carbocycles. The van der Waals surface area contributed by atoms with Crippen LogP contribution in [0.15, 0.2) is 48.7 Å². The molecule has 0 saturated heterocycles. The third kappa shape index (κ3) is 2.86. The van der Waals surface area contributed by atoms with Crippen LogP contribution in [-0.4, -0.2) is 39.8 Å². The number of hydrogen-bond donors (Lipinski definition) is 1. The zero-order chi connectivity index (χ0) is 20.0. The van der Waals surface area contributed by atoms with Crippen molar-refractivity contribution in [3.05, 3.63) is 65.5 Å². The van der Waals surface area contributed by atoms with Gasteiger partial charge in [-0.1, -0.05) is 18.2 Å². The van der Waals surface area contributed by atoms with Gasteiger partial charge in [0.15, 0.2) is 17.3 Å². The van der Waals surface area contributed by atoms with Gasteiger partial charge in [-0.25, -0.2) is 9.67 Å². The van der Waals surface area contributed by atoms with E-state index in [1.54, 1.807) is 25.1 Å². The number of ether oxygens (including phenoxy) is 2. The lowest BCUT2D eigenvalue weighted by atomic mass is 9.82. The number of nitrogens with one attached hydrogen (secondary N) is 1. The number of para-hydroxylation sites is 2. The van der Waals surface area contributed by atoms with Gasteiger partial charge in [0.05, 0.1) is 42.7 Å². The Morgan fingerprint density at radius 3 is 2.69 bits per heavy atom. The van der Waals surface area contributed by atoms with Gasteiger partial charge >= 0.3 is 0 Å². The molecule has 0 fully saturated rings. The van der Waals surface area contributed by atoms with Gasteiger partial charge < -0.3 is 14.5 Å². The lowest BCUT2D eigenvalue weighted by molar-refractivity contribution is 0.0963. The molecule has 2 aromatic heterocycles. The van der Waals surface area contributed by atoms with Crippen LogP contribution in [0.1, 0.15) is 34.0 Å². The Hall–Kier alpha value is -3.61. The van der Waals surface area contributed by atoms with Crippen molar-refractivity contribution in [3.63, 3.8) is 0 Å². The smallest absolute Gasteiger partial charge is 0.229 e. The maximum atomic E-state index is 12.8. The third-order valence-electron chi connectivity index (χ3n) is 5.50. The number of fused-ring (bicyclic) bond motifs is 2. The molecule has 0 bridgehead atoms. The van der Waals surface area contributed by atoms with Crippen LogP contribution >= 0.6 is 0 Å². The average molecular weight is 388 g/mol. The fourth-order valence-corrected chi connectivity index (χ4v) is 4.01. The van der Waals surface area contributed by atoms with Crippen molar-refractivity contribution in [2.45, 2.75) is 18.8 Å². The number of Topliss-reactive ketones (excluding diaryl/α,β-unsaturated/α-hetero) is 1. The molecule has 1 N–H and O–H groups in total. The van der Waals surface area contributed by atoms with E-state index in [0.29, 0.717) is 35.9 Å². The number of benzene rings is 2. The Morgan fingerprint density at radius 2 is 1.90 bits per heavy atom. The van der Waals surface area contributed by atoms with Crippen LogP contribution in [0.2, 0.25) is 0 Å². The van der Waals surface area contributed by atoms with Crippen LogP contribution in [0, 0.1) is 0 Å². The number of aromatic amines is 1. The van der Waals surface area contributed by atoms with Crippen molar-refractivity contribution in [3.8, 4) is 17.4 Å². The number of ketones is 1. The van der Waals surface area contributed by atoms with E-state index in [-0.39, 0.29) is 11.7 Å². The molecule has 7 nitrogen and oxygen atoms in total. The van der Waals surface area contributed by atoms with Gasteiger partial charge in [0.25, 0.3) is 0 Å². The lowest BCUT2D eigenvalue weighted by Crippen LogP contribution is -2.20. The zero-order valence-electron chi connectivity index (χ0n) is 16.2. The maximum Gasteiger partial charge on any atom is 0.229 e. The molecule has 2 heterocycles. The van der Waals surface area contributed by atoms with E-state index >= 15 is 0 Å². The summed E-state index contributed by atoms with van der Waals surface area (Å²) >= 11 is 0. The van der Waals surface area contributed by atoms with E-state index in [1.807, 2.05) is 42.5 Å². The average Bonchev–Trinajstić information content (AvgIpc) is 3.37. The summed E-state index contributed by atoms with van der Waals surface area (Å²) in [5.41, 5.74) is 4.39. The Labute approximate surface area is 167 Å². The molecule has 146 valence electrons. The van der Waals surface area contributed by atoms with Crippen LogP contribution in [0.25, 0.3) is 17.0 Å². The Kier molecular flexibility index (Phi) is 4.08. The van der Waals surface area contributed by atoms with Gasteiger partial charge in [-0.15, -0.1) is 0 Å². The van der Waals surface area contributed by atoms with E-state index in [0.717, 1.165) is 22.3 Å². The molecule has 0 aliphatic heterocycles. The second kappa shape index (κ2) is 6.77. The Balaban J connectivity index is 1.54. The van der Waals surface area contributed by atoms with E-state index in [1.165, 1.54) is 0 Å². The fourth-order valence-electron chi connectivity index (χ4n) is 4.01. The zero-order valence-corrected chi connectivity index (χ0v) is 16.2. The standard InChI is InChI=1S/C22H20N4O3/c1-28-20-8-7-13(11-21(20)29-2)14-9-18-15(19(27)10-14)12-23-26(18)22-24-16-5-3-4-6-17(16)25-22/h3-8,11-12,14H,9-10H2,1-2H3,(H,24,25)/t14-/m0/s1. The molecule has 1 atom stereocenters. The molecule has 0 saturated carbocycles. The van der Waals surface area contributed by atoms with Crippen molar-refractivity contribution in [2.75, 3.05) is 14.2 Å². The number of imidazole rings is 1. The summed E-state index contributed by atoms with van der Waals surface area (Å²) in [6.07, 6.45) is 2.78. The number of methoxy groups -OCH3 is 2. The number of carbonyl (C=O) groups excluding carboxylic acids is 1. The summed E-state index contributed by atoms with van der Waals surface area (Å²) < 4.78 is 12.5. The van der Waals surface area contributed by atoms with Crippen molar-refractivity contribution in [1.29, 1.82) is 0 Å². The van der Waals surface area contributed by atoms with Crippen molar-refractivity contribution in [2.24, 2.45) is 0 Å². The SMILES string of the molecule is COc1ccc([C@@H]2CC(=O)c3cnn(-c4nc5ccccc5[nH]4)c3C2)cc1OC. The Morgan fingerprint density at radius 1 is 1.07 bits per heavy atom. The highest BCUT2D eigenvalue weighted by Crippen LogP contribution is 2.37. The third-order valence-corrected chi connectivity index (χ3v) is 5.50. The topological polar surface area (TPSA) is 82.0 Å². The summed E-state index contributed by atoms with van der Waals surface area (Å²) in [6, 6.07) is 13.6. The minimum absolute atomic E-state index is 0.0367. The largest absolute Gasteiger partial charge is 0.493 e. The molecular weight excluding hydrogens is 368 g/mol. The first-order valence-electron chi connectivity index (χ1n) is 9.45. The summed E-state index contributed by atoms with van der Waals surface area (Å²) in [4.78, 5) is 20.7. The molecule has 0 unspecified atom stereocenters. The van der Waals surface area contributed by atoms with E-state index in [4.69, 9.17) is 9.47 Å². The van der Waals surface area contributed by atoms with Crippen LogP contribution in [-0.2, 0) is 6.42 Å². The number of H-pyrrole nitrogens is 1. The van der Waals surface area contributed by atoms with Gasteiger partial charge in [0.1, 0.15) is 0 Å². The summed E-state index contributed by atoms with van der Waals surface area (Å²) in [5, 5.41) is 4.46. The van der Waals surface area contributed by atoms with Crippen molar-refractivity contribution >= 4 is 16.8 Å². The first-order chi connectivity index (χ1) is 14.2. The number of aromatic nitrogens is 4. The molecule has 0 amide bonds. The summed E-state index contributed by atoms with van der Waals surface area (Å²) in [7, 11) is 3.22. The van der Waals surface area contributed by atoms with Crippen LogP contribution < -0.4 is 9.47 Å². The van der Waals surface area contributed by atoms with Crippen LogP contribution in [0.4, 0.5) is 0 Å².